The molecule has 0 aromatic heterocycles. The Kier molecular flexibility index (Phi) is 3.29. The van der Waals surface area contributed by atoms with Crippen LogP contribution in [0.15, 0.2) is 24.3 Å². The summed E-state index contributed by atoms with van der Waals surface area (Å²) < 4.78 is 0. The van der Waals surface area contributed by atoms with Gasteiger partial charge in [0.1, 0.15) is 0 Å². The lowest BCUT2D eigenvalue weighted by atomic mass is 9.92. The second kappa shape index (κ2) is 4.93. The van der Waals surface area contributed by atoms with E-state index in [4.69, 9.17) is 5.73 Å². The van der Waals surface area contributed by atoms with Crippen LogP contribution in [-0.2, 0) is 6.42 Å². The molecular weight excluding hydrogens is 220 g/mol. The van der Waals surface area contributed by atoms with Crippen LogP contribution in [0.5, 0.6) is 0 Å². The molecule has 1 saturated carbocycles. The second-order valence-electron chi connectivity index (χ2n) is 5.96. The number of nitrogens with two attached hydrogens (primary N) is 1. The van der Waals surface area contributed by atoms with Gasteiger partial charge in [-0.3, -0.25) is 0 Å². The van der Waals surface area contributed by atoms with Crippen molar-refractivity contribution in [3.63, 3.8) is 0 Å². The summed E-state index contributed by atoms with van der Waals surface area (Å²) in [6.07, 6.45) is 8.00. The molecule has 18 heavy (non-hydrogen) atoms. The predicted octanol–water partition coefficient (Wildman–Crippen LogP) is 3.10. The van der Waals surface area contributed by atoms with E-state index >= 15 is 0 Å². The summed E-state index contributed by atoms with van der Waals surface area (Å²) in [7, 11) is 0. The fourth-order valence-corrected chi connectivity index (χ4v) is 3.70. The van der Waals surface area contributed by atoms with Gasteiger partial charge >= 0.3 is 0 Å². The largest absolute Gasteiger partial charge is 0.363 e. The molecule has 1 aromatic carbocycles. The molecule has 0 spiro atoms. The highest BCUT2D eigenvalue weighted by Crippen LogP contribution is 2.38. The average Bonchev–Trinajstić information content (AvgIpc) is 2.79. The topological polar surface area (TPSA) is 29.3 Å². The Labute approximate surface area is 110 Å². The molecule has 3 rings (SSSR count). The summed E-state index contributed by atoms with van der Waals surface area (Å²) in [4.78, 5) is 2.65. The minimum Gasteiger partial charge on any atom is -0.363 e. The maximum absolute atomic E-state index is 6.23. The third-order valence-corrected chi connectivity index (χ3v) is 4.63. The van der Waals surface area contributed by atoms with Crippen LogP contribution in [0.2, 0.25) is 0 Å². The van der Waals surface area contributed by atoms with Crippen LogP contribution in [0.4, 0.5) is 5.69 Å². The number of hydrogen-bond acceptors (Lipinski definition) is 2. The molecule has 1 fully saturated rings. The molecule has 2 nitrogen and oxygen atoms in total. The fourth-order valence-electron chi connectivity index (χ4n) is 3.70. The van der Waals surface area contributed by atoms with Gasteiger partial charge in [0, 0.05) is 23.8 Å². The van der Waals surface area contributed by atoms with Crippen molar-refractivity contribution in [2.45, 2.75) is 63.6 Å². The second-order valence-corrected chi connectivity index (χ2v) is 5.96. The third-order valence-electron chi connectivity index (χ3n) is 4.63. The van der Waals surface area contributed by atoms with Gasteiger partial charge in [-0.15, -0.1) is 0 Å². The Balaban J connectivity index is 1.91. The average molecular weight is 244 g/mol. The van der Waals surface area contributed by atoms with E-state index in [1.807, 2.05) is 0 Å². The Morgan fingerprint density at radius 3 is 2.61 bits per heavy atom. The Hall–Kier alpha value is -1.02. The molecule has 0 radical (unpaired) electrons. The molecule has 98 valence electrons. The first-order valence-corrected chi connectivity index (χ1v) is 7.39. The van der Waals surface area contributed by atoms with Gasteiger partial charge in [0.05, 0.1) is 0 Å². The minimum atomic E-state index is 0.249. The quantitative estimate of drug-likeness (QED) is 0.866. The number of para-hydroxylation sites is 1. The van der Waals surface area contributed by atoms with E-state index < -0.39 is 0 Å². The molecular formula is C16H24N2. The molecule has 2 N–H and O–H groups in total. The van der Waals surface area contributed by atoms with Crippen LogP contribution < -0.4 is 10.6 Å². The van der Waals surface area contributed by atoms with E-state index in [1.165, 1.54) is 43.4 Å². The molecule has 2 aliphatic rings. The number of anilines is 1. The number of benzene rings is 1. The highest BCUT2D eigenvalue weighted by atomic mass is 15.2. The summed E-state index contributed by atoms with van der Waals surface area (Å²) in [6.45, 7) is 2.16. The molecule has 1 aliphatic carbocycles. The molecule has 2 heteroatoms. The van der Waals surface area contributed by atoms with Crippen LogP contribution in [0, 0.1) is 0 Å². The fraction of sp³-hybridized carbons (Fsp3) is 0.625. The predicted molar refractivity (Wildman–Crippen MR) is 76.9 cm³/mol. The van der Waals surface area contributed by atoms with Gasteiger partial charge in [-0.2, -0.15) is 0 Å². The van der Waals surface area contributed by atoms with Gasteiger partial charge in [0.25, 0.3) is 0 Å². The first-order chi connectivity index (χ1) is 8.77. The molecule has 0 bridgehead atoms. The van der Waals surface area contributed by atoms with E-state index in [0.717, 1.165) is 12.5 Å². The van der Waals surface area contributed by atoms with E-state index in [2.05, 4.69) is 36.1 Å². The molecule has 0 saturated heterocycles. The molecule has 1 aromatic rings. The lowest BCUT2D eigenvalue weighted by Gasteiger charge is -2.39. The van der Waals surface area contributed by atoms with Crippen LogP contribution >= 0.6 is 0 Å². The van der Waals surface area contributed by atoms with Crippen molar-refractivity contribution in [3.8, 4) is 0 Å². The van der Waals surface area contributed by atoms with Crippen molar-refractivity contribution < 1.29 is 0 Å². The lowest BCUT2D eigenvalue weighted by Crippen LogP contribution is -2.50. The van der Waals surface area contributed by atoms with Gasteiger partial charge in [-0.1, -0.05) is 37.5 Å². The van der Waals surface area contributed by atoms with Crippen molar-refractivity contribution in [1.29, 1.82) is 0 Å². The van der Waals surface area contributed by atoms with Crippen molar-refractivity contribution in [1.82, 2.24) is 0 Å². The normalized spacial score (nSPS) is 26.1. The molecule has 2 atom stereocenters. The zero-order valence-corrected chi connectivity index (χ0v) is 11.3. The summed E-state index contributed by atoms with van der Waals surface area (Å²) in [5.41, 5.74) is 9.17. The van der Waals surface area contributed by atoms with E-state index in [0.29, 0.717) is 6.04 Å². The SMILES string of the molecule is CC(N)C1Cc2ccccc2N1C1CCCCC1. The summed E-state index contributed by atoms with van der Waals surface area (Å²) in [5, 5.41) is 0. The first-order valence-electron chi connectivity index (χ1n) is 7.39. The molecule has 2 unspecified atom stereocenters. The smallest absolute Gasteiger partial charge is 0.0482 e. The van der Waals surface area contributed by atoms with Crippen LogP contribution in [0.25, 0.3) is 0 Å². The van der Waals surface area contributed by atoms with Gasteiger partial charge in [-0.25, -0.2) is 0 Å². The number of nitrogens with zero attached hydrogens (tertiary/aromatic N) is 1. The molecule has 1 aliphatic heterocycles. The lowest BCUT2D eigenvalue weighted by molar-refractivity contribution is 0.378. The molecule has 0 amide bonds. The minimum absolute atomic E-state index is 0.249. The molecule has 1 heterocycles. The van der Waals surface area contributed by atoms with Crippen LogP contribution in [0.1, 0.15) is 44.6 Å². The maximum atomic E-state index is 6.23. The zero-order valence-electron chi connectivity index (χ0n) is 11.3. The van der Waals surface area contributed by atoms with Crippen molar-refractivity contribution in [3.05, 3.63) is 29.8 Å². The van der Waals surface area contributed by atoms with Gasteiger partial charge in [0.15, 0.2) is 0 Å². The Morgan fingerprint density at radius 1 is 1.17 bits per heavy atom. The zero-order chi connectivity index (χ0) is 12.5. The first kappa shape index (κ1) is 12.0. The van der Waals surface area contributed by atoms with Gasteiger partial charge in [0.2, 0.25) is 0 Å². The van der Waals surface area contributed by atoms with Gasteiger partial charge in [-0.05, 0) is 37.8 Å². The van der Waals surface area contributed by atoms with Crippen molar-refractivity contribution in [2.24, 2.45) is 5.73 Å². The van der Waals surface area contributed by atoms with Gasteiger partial charge < -0.3 is 10.6 Å². The van der Waals surface area contributed by atoms with Crippen LogP contribution in [-0.4, -0.2) is 18.1 Å². The summed E-state index contributed by atoms with van der Waals surface area (Å²) in [6, 6.07) is 10.3. The highest BCUT2D eigenvalue weighted by molar-refractivity contribution is 5.60. The number of fused-ring (bicyclic) bond motifs is 1. The standard InChI is InChI=1S/C16H24N2/c1-12(17)16-11-13-7-5-6-10-15(13)18(16)14-8-3-2-4-9-14/h5-7,10,12,14,16H,2-4,8-9,11,17H2,1H3. The maximum Gasteiger partial charge on any atom is 0.0482 e. The Bertz CT molecular complexity index is 407. The highest BCUT2D eigenvalue weighted by Gasteiger charge is 2.36. The summed E-state index contributed by atoms with van der Waals surface area (Å²) in [5.74, 6) is 0. The monoisotopic (exact) mass is 244 g/mol. The van der Waals surface area contributed by atoms with E-state index in [1.54, 1.807) is 0 Å². The van der Waals surface area contributed by atoms with Crippen molar-refractivity contribution >= 4 is 5.69 Å². The number of hydrogen-bond donors (Lipinski definition) is 1. The summed E-state index contributed by atoms with van der Waals surface area (Å²) >= 11 is 0. The van der Waals surface area contributed by atoms with E-state index in [9.17, 15) is 0 Å². The van der Waals surface area contributed by atoms with Crippen molar-refractivity contribution in [2.75, 3.05) is 4.90 Å². The Morgan fingerprint density at radius 2 is 1.89 bits per heavy atom. The third kappa shape index (κ3) is 2.03. The van der Waals surface area contributed by atoms with E-state index in [-0.39, 0.29) is 6.04 Å². The van der Waals surface area contributed by atoms with Crippen LogP contribution in [0.3, 0.4) is 0 Å². The number of rotatable bonds is 2.